The van der Waals surface area contributed by atoms with Gasteiger partial charge in [0.15, 0.2) is 0 Å². The smallest absolute Gasteiger partial charge is 0.148 e. The summed E-state index contributed by atoms with van der Waals surface area (Å²) in [6.07, 6.45) is 0. The number of ketones is 1. The van der Waals surface area contributed by atoms with Crippen LogP contribution in [0.1, 0.15) is 18.5 Å². The molecule has 1 aromatic carbocycles. The van der Waals surface area contributed by atoms with Crippen molar-refractivity contribution in [1.82, 2.24) is 9.80 Å². The standard InChI is InChI=1S/C18H26N2O3/c1-15(21)17(19-7-11-22-12-8-19)18(16-5-3-2-4-6-16)20-9-13-23-14-10-20/h2-6,17-18H,7-14H2,1H3. The van der Waals surface area contributed by atoms with Crippen molar-refractivity contribution in [3.63, 3.8) is 0 Å². The van der Waals surface area contributed by atoms with Crippen LogP contribution in [0.3, 0.4) is 0 Å². The van der Waals surface area contributed by atoms with E-state index in [9.17, 15) is 4.79 Å². The summed E-state index contributed by atoms with van der Waals surface area (Å²) in [7, 11) is 0. The summed E-state index contributed by atoms with van der Waals surface area (Å²) >= 11 is 0. The van der Waals surface area contributed by atoms with E-state index in [-0.39, 0.29) is 17.9 Å². The Balaban J connectivity index is 1.91. The van der Waals surface area contributed by atoms with Crippen molar-refractivity contribution in [2.45, 2.75) is 19.0 Å². The van der Waals surface area contributed by atoms with Gasteiger partial charge in [-0.1, -0.05) is 30.3 Å². The molecule has 2 atom stereocenters. The Kier molecular flexibility index (Phi) is 5.78. The number of benzene rings is 1. The Morgan fingerprint density at radius 3 is 1.96 bits per heavy atom. The van der Waals surface area contributed by atoms with Crippen LogP contribution in [0.5, 0.6) is 0 Å². The van der Waals surface area contributed by atoms with E-state index < -0.39 is 0 Å². The summed E-state index contributed by atoms with van der Waals surface area (Å²) in [4.78, 5) is 17.3. The van der Waals surface area contributed by atoms with Crippen LogP contribution in [0, 0.1) is 0 Å². The van der Waals surface area contributed by atoms with Crippen molar-refractivity contribution in [2.24, 2.45) is 0 Å². The largest absolute Gasteiger partial charge is 0.379 e. The zero-order valence-electron chi connectivity index (χ0n) is 13.8. The van der Waals surface area contributed by atoms with Crippen LogP contribution in [0.2, 0.25) is 0 Å². The minimum absolute atomic E-state index is 0.0794. The lowest BCUT2D eigenvalue weighted by Crippen LogP contribution is -2.55. The molecule has 0 N–H and O–H groups in total. The van der Waals surface area contributed by atoms with Gasteiger partial charge < -0.3 is 9.47 Å². The van der Waals surface area contributed by atoms with E-state index in [1.54, 1.807) is 6.92 Å². The molecule has 0 saturated carbocycles. The van der Waals surface area contributed by atoms with Gasteiger partial charge in [0, 0.05) is 26.2 Å². The van der Waals surface area contributed by atoms with E-state index in [1.165, 1.54) is 5.56 Å². The second-order valence-electron chi connectivity index (χ2n) is 6.21. The molecule has 0 spiro atoms. The first kappa shape index (κ1) is 16.6. The first-order chi connectivity index (χ1) is 11.3. The third-order valence-corrected chi connectivity index (χ3v) is 4.73. The van der Waals surface area contributed by atoms with Crippen LogP contribution in [0.15, 0.2) is 30.3 Å². The topological polar surface area (TPSA) is 42.0 Å². The van der Waals surface area contributed by atoms with Gasteiger partial charge in [0.05, 0.1) is 38.5 Å². The molecule has 2 unspecified atom stereocenters. The molecule has 0 aliphatic carbocycles. The summed E-state index contributed by atoms with van der Waals surface area (Å²) < 4.78 is 11.0. The maximum absolute atomic E-state index is 12.6. The Labute approximate surface area is 138 Å². The molecule has 2 aliphatic rings. The molecule has 0 aromatic heterocycles. The normalized spacial score (nSPS) is 23.3. The average molecular weight is 318 g/mol. The van der Waals surface area contributed by atoms with Crippen LogP contribution in [0.4, 0.5) is 0 Å². The van der Waals surface area contributed by atoms with E-state index in [0.29, 0.717) is 13.2 Å². The third kappa shape index (κ3) is 3.98. The van der Waals surface area contributed by atoms with E-state index >= 15 is 0 Å². The second kappa shape index (κ2) is 8.02. The lowest BCUT2D eigenvalue weighted by Gasteiger charge is -2.43. The molecule has 5 heteroatoms. The number of carbonyl (C=O) groups is 1. The fraction of sp³-hybridized carbons (Fsp3) is 0.611. The maximum atomic E-state index is 12.6. The maximum Gasteiger partial charge on any atom is 0.148 e. The lowest BCUT2D eigenvalue weighted by atomic mass is 9.93. The van der Waals surface area contributed by atoms with Crippen molar-refractivity contribution in [3.8, 4) is 0 Å². The van der Waals surface area contributed by atoms with E-state index in [2.05, 4.69) is 34.1 Å². The monoisotopic (exact) mass is 318 g/mol. The summed E-state index contributed by atoms with van der Waals surface area (Å²) in [5.41, 5.74) is 1.21. The Bertz CT molecular complexity index is 496. The van der Waals surface area contributed by atoms with Crippen molar-refractivity contribution in [2.75, 3.05) is 52.6 Å². The van der Waals surface area contributed by atoms with Gasteiger partial charge in [-0.3, -0.25) is 14.6 Å². The Morgan fingerprint density at radius 1 is 0.913 bits per heavy atom. The fourth-order valence-electron chi connectivity index (χ4n) is 3.63. The number of rotatable bonds is 5. The van der Waals surface area contributed by atoms with Gasteiger partial charge in [-0.25, -0.2) is 0 Å². The zero-order chi connectivity index (χ0) is 16.1. The van der Waals surface area contributed by atoms with Crippen molar-refractivity contribution in [3.05, 3.63) is 35.9 Å². The zero-order valence-corrected chi connectivity index (χ0v) is 13.8. The molecule has 3 rings (SSSR count). The summed E-state index contributed by atoms with van der Waals surface area (Å²) in [6, 6.07) is 10.4. The van der Waals surface area contributed by atoms with Crippen molar-refractivity contribution in [1.29, 1.82) is 0 Å². The molecule has 23 heavy (non-hydrogen) atoms. The van der Waals surface area contributed by atoms with E-state index in [1.807, 2.05) is 6.07 Å². The summed E-state index contributed by atoms with van der Waals surface area (Å²) in [6.45, 7) is 7.96. The first-order valence-corrected chi connectivity index (χ1v) is 8.46. The Morgan fingerprint density at radius 2 is 1.43 bits per heavy atom. The highest BCUT2D eigenvalue weighted by atomic mass is 16.5. The van der Waals surface area contributed by atoms with Crippen LogP contribution < -0.4 is 0 Å². The van der Waals surface area contributed by atoms with Crippen molar-refractivity contribution >= 4 is 5.78 Å². The predicted molar refractivity (Wildman–Crippen MR) is 88.4 cm³/mol. The minimum atomic E-state index is -0.126. The summed E-state index contributed by atoms with van der Waals surface area (Å²) in [5.74, 6) is 0.229. The molecular weight excluding hydrogens is 292 g/mol. The quantitative estimate of drug-likeness (QED) is 0.820. The molecule has 0 amide bonds. The first-order valence-electron chi connectivity index (χ1n) is 8.46. The minimum Gasteiger partial charge on any atom is -0.379 e. The van der Waals surface area contributed by atoms with Crippen LogP contribution in [-0.2, 0) is 14.3 Å². The van der Waals surface area contributed by atoms with Gasteiger partial charge in [-0.15, -0.1) is 0 Å². The summed E-state index contributed by atoms with van der Waals surface area (Å²) in [5, 5.41) is 0. The predicted octanol–water partition coefficient (Wildman–Crippen LogP) is 1.35. The van der Waals surface area contributed by atoms with E-state index in [4.69, 9.17) is 9.47 Å². The third-order valence-electron chi connectivity index (χ3n) is 4.73. The molecular formula is C18H26N2O3. The van der Waals surface area contributed by atoms with E-state index in [0.717, 1.165) is 39.4 Å². The number of morpholine rings is 2. The number of nitrogens with zero attached hydrogens (tertiary/aromatic N) is 2. The molecule has 2 heterocycles. The highest BCUT2D eigenvalue weighted by Crippen LogP contribution is 2.29. The average Bonchev–Trinajstić information content (AvgIpc) is 2.61. The van der Waals surface area contributed by atoms with Crippen LogP contribution in [0.25, 0.3) is 0 Å². The molecule has 1 aromatic rings. The number of hydrogen-bond donors (Lipinski definition) is 0. The van der Waals surface area contributed by atoms with Gasteiger partial charge in [-0.2, -0.15) is 0 Å². The molecule has 0 bridgehead atoms. The number of ether oxygens (including phenoxy) is 2. The molecule has 126 valence electrons. The van der Waals surface area contributed by atoms with Gasteiger partial charge in [0.2, 0.25) is 0 Å². The van der Waals surface area contributed by atoms with Crippen LogP contribution in [-0.4, -0.2) is 74.2 Å². The van der Waals surface area contributed by atoms with Gasteiger partial charge in [0.25, 0.3) is 0 Å². The van der Waals surface area contributed by atoms with Crippen LogP contribution >= 0.6 is 0 Å². The van der Waals surface area contributed by atoms with Gasteiger partial charge >= 0.3 is 0 Å². The lowest BCUT2D eigenvalue weighted by molar-refractivity contribution is -0.128. The molecule has 5 nitrogen and oxygen atoms in total. The molecule has 2 saturated heterocycles. The molecule has 2 fully saturated rings. The highest BCUT2D eigenvalue weighted by molar-refractivity contribution is 5.82. The molecule has 2 aliphatic heterocycles. The SMILES string of the molecule is CC(=O)C(C(c1ccccc1)N1CCOCC1)N1CCOCC1. The second-order valence-corrected chi connectivity index (χ2v) is 6.21. The van der Waals surface area contributed by atoms with Gasteiger partial charge in [-0.05, 0) is 12.5 Å². The van der Waals surface area contributed by atoms with Crippen molar-refractivity contribution < 1.29 is 14.3 Å². The fourth-order valence-corrected chi connectivity index (χ4v) is 3.63. The molecule has 0 radical (unpaired) electrons. The number of Topliss-reactive ketones (excluding diaryl/α,β-unsaturated/α-hetero) is 1. The van der Waals surface area contributed by atoms with Gasteiger partial charge in [0.1, 0.15) is 5.78 Å². The Hall–Kier alpha value is -1.27. The number of hydrogen-bond acceptors (Lipinski definition) is 5. The highest BCUT2D eigenvalue weighted by Gasteiger charge is 2.37. The number of carbonyl (C=O) groups excluding carboxylic acids is 1.